The first kappa shape index (κ1) is 13.1. The fourth-order valence-corrected chi connectivity index (χ4v) is 3.13. The van der Waals surface area contributed by atoms with Crippen molar-refractivity contribution in [2.75, 3.05) is 19.0 Å². The van der Waals surface area contributed by atoms with Crippen LogP contribution < -0.4 is 4.90 Å². The fourth-order valence-electron chi connectivity index (χ4n) is 2.09. The lowest BCUT2D eigenvalue weighted by Crippen LogP contribution is -2.07. The van der Waals surface area contributed by atoms with Crippen molar-refractivity contribution in [2.45, 2.75) is 6.61 Å². The molecule has 0 fully saturated rings. The molecule has 1 N–H and O–H groups in total. The van der Waals surface area contributed by atoms with Crippen LogP contribution in [0.15, 0.2) is 42.5 Å². The first-order valence-electron chi connectivity index (χ1n) is 6.45. The number of fused-ring (bicyclic) bond motifs is 1. The number of aliphatic hydroxyl groups excluding tert-OH is 1. The SMILES string of the molecule is CN(C)c1ccc(-c2nc3ccc(CO)cc3s2)cc1. The molecule has 0 aliphatic carbocycles. The smallest absolute Gasteiger partial charge is 0.124 e. The maximum Gasteiger partial charge on any atom is 0.124 e. The second-order valence-corrected chi connectivity index (χ2v) is 5.95. The third kappa shape index (κ3) is 2.40. The van der Waals surface area contributed by atoms with Crippen molar-refractivity contribution in [3.8, 4) is 10.6 Å². The minimum Gasteiger partial charge on any atom is -0.392 e. The van der Waals surface area contributed by atoms with Crippen LogP contribution >= 0.6 is 11.3 Å². The number of aliphatic hydroxyl groups is 1. The van der Waals surface area contributed by atoms with Gasteiger partial charge in [-0.2, -0.15) is 0 Å². The first-order valence-corrected chi connectivity index (χ1v) is 7.27. The standard InChI is InChI=1S/C16H16N2OS/c1-18(2)13-6-4-12(5-7-13)16-17-14-8-3-11(10-19)9-15(14)20-16/h3-9,19H,10H2,1-2H3. The molecule has 0 unspecified atom stereocenters. The van der Waals surface area contributed by atoms with E-state index in [0.717, 1.165) is 26.4 Å². The van der Waals surface area contributed by atoms with E-state index in [1.165, 1.54) is 5.69 Å². The third-order valence-electron chi connectivity index (χ3n) is 3.27. The monoisotopic (exact) mass is 284 g/mol. The maximum absolute atomic E-state index is 9.18. The summed E-state index contributed by atoms with van der Waals surface area (Å²) in [5, 5.41) is 10.2. The largest absolute Gasteiger partial charge is 0.392 e. The molecular formula is C16H16N2OS. The topological polar surface area (TPSA) is 36.4 Å². The second-order valence-electron chi connectivity index (χ2n) is 4.92. The summed E-state index contributed by atoms with van der Waals surface area (Å²) in [6, 6.07) is 14.3. The minimum absolute atomic E-state index is 0.0701. The van der Waals surface area contributed by atoms with Gasteiger partial charge in [0.2, 0.25) is 0 Å². The summed E-state index contributed by atoms with van der Waals surface area (Å²) in [5.74, 6) is 0. The van der Waals surface area contributed by atoms with Crippen molar-refractivity contribution in [3.63, 3.8) is 0 Å². The summed E-state index contributed by atoms with van der Waals surface area (Å²) in [6.07, 6.45) is 0. The number of benzene rings is 2. The molecule has 0 spiro atoms. The Hall–Kier alpha value is -1.91. The highest BCUT2D eigenvalue weighted by molar-refractivity contribution is 7.21. The van der Waals surface area contributed by atoms with Crippen molar-refractivity contribution in [2.24, 2.45) is 0 Å². The van der Waals surface area contributed by atoms with Crippen LogP contribution in [0.2, 0.25) is 0 Å². The van der Waals surface area contributed by atoms with Crippen molar-refractivity contribution >= 4 is 27.2 Å². The molecule has 0 bridgehead atoms. The van der Waals surface area contributed by atoms with E-state index in [1.54, 1.807) is 11.3 Å². The van der Waals surface area contributed by atoms with Gasteiger partial charge in [-0.15, -0.1) is 11.3 Å². The van der Waals surface area contributed by atoms with Crippen LogP contribution in [-0.4, -0.2) is 24.2 Å². The molecular weight excluding hydrogens is 268 g/mol. The Kier molecular flexibility index (Phi) is 3.42. The number of hydrogen-bond donors (Lipinski definition) is 1. The van der Waals surface area contributed by atoms with Crippen LogP contribution in [0.25, 0.3) is 20.8 Å². The lowest BCUT2D eigenvalue weighted by atomic mass is 10.2. The average molecular weight is 284 g/mol. The van der Waals surface area contributed by atoms with Crippen molar-refractivity contribution in [3.05, 3.63) is 48.0 Å². The highest BCUT2D eigenvalue weighted by Gasteiger charge is 2.07. The molecule has 1 heterocycles. The molecule has 3 rings (SSSR count). The maximum atomic E-state index is 9.18. The van der Waals surface area contributed by atoms with Gasteiger partial charge in [-0.3, -0.25) is 0 Å². The molecule has 1 aromatic heterocycles. The highest BCUT2D eigenvalue weighted by Crippen LogP contribution is 2.31. The molecule has 0 atom stereocenters. The van der Waals surface area contributed by atoms with Crippen LogP contribution in [0.4, 0.5) is 5.69 Å². The van der Waals surface area contributed by atoms with Crippen molar-refractivity contribution in [1.29, 1.82) is 0 Å². The van der Waals surface area contributed by atoms with Crippen LogP contribution in [0.1, 0.15) is 5.56 Å². The quantitative estimate of drug-likeness (QED) is 0.799. The molecule has 3 nitrogen and oxygen atoms in total. The summed E-state index contributed by atoms with van der Waals surface area (Å²) in [5.41, 5.74) is 4.22. The van der Waals surface area contributed by atoms with E-state index < -0.39 is 0 Å². The third-order valence-corrected chi connectivity index (χ3v) is 4.33. The predicted octanol–water partition coefficient (Wildman–Crippen LogP) is 3.52. The number of rotatable bonds is 3. The van der Waals surface area contributed by atoms with Gasteiger partial charge >= 0.3 is 0 Å². The lowest BCUT2D eigenvalue weighted by Gasteiger charge is -2.11. The number of aromatic nitrogens is 1. The molecule has 102 valence electrons. The zero-order chi connectivity index (χ0) is 14.1. The van der Waals surface area contributed by atoms with Crippen molar-refractivity contribution in [1.82, 2.24) is 4.98 Å². The van der Waals surface area contributed by atoms with E-state index in [-0.39, 0.29) is 6.61 Å². The zero-order valence-electron chi connectivity index (χ0n) is 11.5. The molecule has 0 saturated heterocycles. The van der Waals surface area contributed by atoms with Gasteiger partial charge in [0.1, 0.15) is 5.01 Å². The number of nitrogens with zero attached hydrogens (tertiary/aromatic N) is 2. The Morgan fingerprint density at radius 2 is 1.85 bits per heavy atom. The Morgan fingerprint density at radius 3 is 2.50 bits per heavy atom. The average Bonchev–Trinajstić information content (AvgIpc) is 2.90. The van der Waals surface area contributed by atoms with Gasteiger partial charge in [0.15, 0.2) is 0 Å². The highest BCUT2D eigenvalue weighted by atomic mass is 32.1. The summed E-state index contributed by atoms with van der Waals surface area (Å²) in [6.45, 7) is 0.0701. The molecule has 0 aliphatic heterocycles. The molecule has 3 aromatic rings. The van der Waals surface area contributed by atoms with Gasteiger partial charge in [0, 0.05) is 25.3 Å². The minimum atomic E-state index is 0.0701. The van der Waals surface area contributed by atoms with E-state index in [4.69, 9.17) is 0 Å². The predicted molar refractivity (Wildman–Crippen MR) is 85.3 cm³/mol. The van der Waals surface area contributed by atoms with Crippen LogP contribution in [0.3, 0.4) is 0 Å². The van der Waals surface area contributed by atoms with Gasteiger partial charge in [-0.1, -0.05) is 6.07 Å². The molecule has 0 amide bonds. The first-order chi connectivity index (χ1) is 9.67. The van der Waals surface area contributed by atoms with Crippen LogP contribution in [-0.2, 0) is 6.61 Å². The van der Waals surface area contributed by atoms with Gasteiger partial charge in [-0.25, -0.2) is 4.98 Å². The molecule has 0 aliphatic rings. The normalized spacial score (nSPS) is 10.9. The Morgan fingerprint density at radius 1 is 1.10 bits per heavy atom. The second kappa shape index (κ2) is 5.23. The molecule has 0 radical (unpaired) electrons. The summed E-state index contributed by atoms with van der Waals surface area (Å²) in [7, 11) is 4.06. The fraction of sp³-hybridized carbons (Fsp3) is 0.188. The van der Waals surface area contributed by atoms with Crippen LogP contribution in [0.5, 0.6) is 0 Å². The van der Waals surface area contributed by atoms with Gasteiger partial charge in [-0.05, 0) is 42.0 Å². The summed E-state index contributed by atoms with van der Waals surface area (Å²) < 4.78 is 1.11. The molecule has 4 heteroatoms. The van der Waals surface area contributed by atoms with E-state index >= 15 is 0 Å². The van der Waals surface area contributed by atoms with E-state index in [2.05, 4.69) is 34.1 Å². The van der Waals surface area contributed by atoms with E-state index in [9.17, 15) is 5.11 Å². The summed E-state index contributed by atoms with van der Waals surface area (Å²) in [4.78, 5) is 6.74. The molecule has 20 heavy (non-hydrogen) atoms. The molecule has 2 aromatic carbocycles. The van der Waals surface area contributed by atoms with Crippen LogP contribution in [0, 0.1) is 0 Å². The van der Waals surface area contributed by atoms with E-state index in [1.807, 2.05) is 32.3 Å². The van der Waals surface area contributed by atoms with E-state index in [0.29, 0.717) is 0 Å². The summed E-state index contributed by atoms with van der Waals surface area (Å²) >= 11 is 1.66. The van der Waals surface area contributed by atoms with Crippen molar-refractivity contribution < 1.29 is 5.11 Å². The van der Waals surface area contributed by atoms with Gasteiger partial charge in [0.25, 0.3) is 0 Å². The van der Waals surface area contributed by atoms with Gasteiger partial charge in [0.05, 0.1) is 16.8 Å². The number of hydrogen-bond acceptors (Lipinski definition) is 4. The lowest BCUT2D eigenvalue weighted by molar-refractivity contribution is 0.282. The Labute approximate surface area is 122 Å². The Balaban J connectivity index is 2.01. The van der Waals surface area contributed by atoms with Gasteiger partial charge < -0.3 is 10.0 Å². The number of thiazole rings is 1. The zero-order valence-corrected chi connectivity index (χ0v) is 12.3. The molecule has 0 saturated carbocycles. The number of anilines is 1. The Bertz CT molecular complexity index is 732.